The molecule has 0 aromatic heterocycles. The van der Waals surface area contributed by atoms with E-state index in [0.29, 0.717) is 16.7 Å². The van der Waals surface area contributed by atoms with Gasteiger partial charge in [0.25, 0.3) is 0 Å². The highest BCUT2D eigenvalue weighted by Gasteiger charge is 2.24. The van der Waals surface area contributed by atoms with Gasteiger partial charge in [0.15, 0.2) is 5.70 Å². The molecular weight excluding hydrogens is 294 g/mol. The number of hydrogen-bond acceptors (Lipinski definition) is 5. The average Bonchev–Trinajstić information content (AvgIpc) is 2.96. The monoisotopic (exact) mass is 307 g/mol. The van der Waals surface area contributed by atoms with Gasteiger partial charge in [-0.3, -0.25) is 0 Å². The third kappa shape index (κ3) is 3.03. The Hall–Kier alpha value is -3.21. The molecule has 1 aliphatic heterocycles. The maximum atomic E-state index is 12.0. The van der Waals surface area contributed by atoms with E-state index in [-0.39, 0.29) is 11.6 Å². The summed E-state index contributed by atoms with van der Waals surface area (Å²) in [7, 11) is 1.31. The first-order chi connectivity index (χ1) is 11.2. The predicted octanol–water partition coefficient (Wildman–Crippen LogP) is 2.82. The minimum atomic E-state index is -0.552. The summed E-state index contributed by atoms with van der Waals surface area (Å²) in [6.07, 6.45) is 1.52. The molecule has 5 nitrogen and oxygen atoms in total. The molecule has 0 saturated carbocycles. The molecule has 0 unspecified atom stereocenters. The van der Waals surface area contributed by atoms with Crippen LogP contribution in [0.2, 0.25) is 0 Å². The van der Waals surface area contributed by atoms with Gasteiger partial charge < -0.3 is 9.47 Å². The van der Waals surface area contributed by atoms with E-state index in [1.54, 1.807) is 36.4 Å². The van der Waals surface area contributed by atoms with E-state index in [4.69, 9.17) is 9.47 Å². The summed E-state index contributed by atoms with van der Waals surface area (Å²) in [6, 6.07) is 16.0. The van der Waals surface area contributed by atoms with Crippen molar-refractivity contribution in [3.63, 3.8) is 0 Å². The largest absolute Gasteiger partial charge is 0.465 e. The zero-order chi connectivity index (χ0) is 16.2. The quantitative estimate of drug-likeness (QED) is 0.646. The molecule has 2 aromatic rings. The number of rotatable bonds is 3. The first-order valence-electron chi connectivity index (χ1n) is 6.94. The van der Waals surface area contributed by atoms with E-state index in [0.717, 1.165) is 0 Å². The van der Waals surface area contributed by atoms with Crippen molar-refractivity contribution in [3.05, 3.63) is 77.0 Å². The van der Waals surface area contributed by atoms with Crippen LogP contribution >= 0.6 is 0 Å². The van der Waals surface area contributed by atoms with Crippen molar-refractivity contribution < 1.29 is 19.1 Å². The van der Waals surface area contributed by atoms with Crippen molar-refractivity contribution in [2.45, 2.75) is 0 Å². The number of carbonyl (C=O) groups excluding carboxylic acids is 2. The van der Waals surface area contributed by atoms with Gasteiger partial charge in [-0.2, -0.15) is 0 Å². The molecule has 5 heteroatoms. The van der Waals surface area contributed by atoms with Crippen LogP contribution in [0.1, 0.15) is 21.5 Å². The summed E-state index contributed by atoms with van der Waals surface area (Å²) in [5.41, 5.74) is 1.76. The zero-order valence-electron chi connectivity index (χ0n) is 12.4. The molecule has 2 aromatic carbocycles. The lowest BCUT2D eigenvalue weighted by Gasteiger charge is -2.03. The van der Waals surface area contributed by atoms with Crippen molar-refractivity contribution in [3.8, 4) is 0 Å². The van der Waals surface area contributed by atoms with Gasteiger partial charge in [0.1, 0.15) is 0 Å². The Morgan fingerprint density at radius 2 is 1.78 bits per heavy atom. The fraction of sp³-hybridized carbons (Fsp3) is 0.0556. The Morgan fingerprint density at radius 3 is 2.52 bits per heavy atom. The maximum absolute atomic E-state index is 12.0. The van der Waals surface area contributed by atoms with Gasteiger partial charge in [-0.15, -0.1) is 0 Å². The molecule has 3 rings (SSSR count). The Labute approximate surface area is 132 Å². The van der Waals surface area contributed by atoms with Crippen LogP contribution in [-0.4, -0.2) is 24.9 Å². The van der Waals surface area contributed by atoms with Crippen molar-refractivity contribution >= 4 is 23.9 Å². The number of nitrogens with zero attached hydrogens (tertiary/aromatic N) is 1. The van der Waals surface area contributed by atoms with E-state index < -0.39 is 11.9 Å². The number of hydrogen-bond donors (Lipinski definition) is 0. The van der Waals surface area contributed by atoms with Gasteiger partial charge in [0.2, 0.25) is 5.90 Å². The highest BCUT2D eigenvalue weighted by molar-refractivity contribution is 6.13. The molecule has 0 atom stereocenters. The van der Waals surface area contributed by atoms with Crippen LogP contribution in [0.3, 0.4) is 0 Å². The number of aliphatic imine (C=N–C) groups is 1. The summed E-state index contributed by atoms with van der Waals surface area (Å²) >= 11 is 0. The predicted molar refractivity (Wildman–Crippen MR) is 84.8 cm³/mol. The third-order valence-electron chi connectivity index (χ3n) is 3.30. The first kappa shape index (κ1) is 14.7. The fourth-order valence-corrected chi connectivity index (χ4v) is 2.18. The molecule has 1 heterocycles. The molecule has 0 fully saturated rings. The van der Waals surface area contributed by atoms with E-state index in [2.05, 4.69) is 4.99 Å². The van der Waals surface area contributed by atoms with Crippen LogP contribution in [0.5, 0.6) is 0 Å². The summed E-state index contributed by atoms with van der Waals surface area (Å²) < 4.78 is 9.92. The molecular formula is C18H13NO4. The Morgan fingerprint density at radius 1 is 1.09 bits per heavy atom. The van der Waals surface area contributed by atoms with Crippen molar-refractivity contribution in [1.29, 1.82) is 0 Å². The van der Waals surface area contributed by atoms with Gasteiger partial charge >= 0.3 is 11.9 Å². The van der Waals surface area contributed by atoms with Crippen LogP contribution in [0.25, 0.3) is 6.08 Å². The van der Waals surface area contributed by atoms with Crippen molar-refractivity contribution in [1.82, 2.24) is 0 Å². The molecule has 0 N–H and O–H groups in total. The normalized spacial score (nSPS) is 15.3. The van der Waals surface area contributed by atoms with E-state index in [1.807, 2.05) is 18.2 Å². The first-order valence-corrected chi connectivity index (χ1v) is 6.94. The SMILES string of the molecule is COC(=O)c1ccccc1/C=C1\N=C(c2ccccc2)OC1=O. The minimum Gasteiger partial charge on any atom is -0.465 e. The molecule has 0 spiro atoms. The van der Waals surface area contributed by atoms with Gasteiger partial charge in [0, 0.05) is 5.56 Å². The smallest absolute Gasteiger partial charge is 0.363 e. The Kier molecular flexibility index (Phi) is 4.01. The lowest BCUT2D eigenvalue weighted by molar-refractivity contribution is -0.129. The highest BCUT2D eigenvalue weighted by Crippen LogP contribution is 2.21. The van der Waals surface area contributed by atoms with Crippen molar-refractivity contribution in [2.24, 2.45) is 4.99 Å². The number of carbonyl (C=O) groups is 2. The number of esters is 2. The standard InChI is InChI=1S/C18H13NO4/c1-22-17(20)14-10-6-5-9-13(14)11-15-18(21)23-16(19-15)12-7-3-2-4-8-12/h2-11H,1H3/b15-11-. The fourth-order valence-electron chi connectivity index (χ4n) is 2.18. The highest BCUT2D eigenvalue weighted by atomic mass is 16.6. The zero-order valence-corrected chi connectivity index (χ0v) is 12.4. The van der Waals surface area contributed by atoms with Crippen LogP contribution in [0, 0.1) is 0 Å². The van der Waals surface area contributed by atoms with Gasteiger partial charge in [-0.25, -0.2) is 14.6 Å². The topological polar surface area (TPSA) is 65.0 Å². The number of methoxy groups -OCH3 is 1. The molecule has 0 bridgehead atoms. The van der Waals surface area contributed by atoms with Crippen LogP contribution in [0.15, 0.2) is 65.3 Å². The lowest BCUT2D eigenvalue weighted by atomic mass is 10.1. The van der Waals surface area contributed by atoms with Crippen LogP contribution < -0.4 is 0 Å². The van der Waals surface area contributed by atoms with Crippen LogP contribution in [-0.2, 0) is 14.3 Å². The Bertz CT molecular complexity index is 822. The van der Waals surface area contributed by atoms with Gasteiger partial charge in [0.05, 0.1) is 12.7 Å². The van der Waals surface area contributed by atoms with E-state index in [1.165, 1.54) is 13.2 Å². The van der Waals surface area contributed by atoms with E-state index in [9.17, 15) is 9.59 Å². The molecule has 23 heavy (non-hydrogen) atoms. The minimum absolute atomic E-state index is 0.139. The maximum Gasteiger partial charge on any atom is 0.363 e. The Balaban J connectivity index is 1.99. The van der Waals surface area contributed by atoms with Crippen LogP contribution in [0.4, 0.5) is 0 Å². The third-order valence-corrected chi connectivity index (χ3v) is 3.30. The molecule has 0 saturated heterocycles. The van der Waals surface area contributed by atoms with Crippen molar-refractivity contribution in [2.75, 3.05) is 7.11 Å². The second-order valence-electron chi connectivity index (χ2n) is 4.78. The molecule has 0 aliphatic carbocycles. The summed E-state index contributed by atoms with van der Waals surface area (Å²) in [5, 5.41) is 0. The second-order valence-corrected chi connectivity index (χ2v) is 4.78. The number of cyclic esters (lactones) is 1. The lowest BCUT2D eigenvalue weighted by Crippen LogP contribution is -2.06. The number of ether oxygens (including phenoxy) is 2. The molecule has 0 amide bonds. The van der Waals surface area contributed by atoms with Gasteiger partial charge in [-0.1, -0.05) is 36.4 Å². The summed E-state index contributed by atoms with van der Waals surface area (Å²) in [5.74, 6) is -0.781. The summed E-state index contributed by atoms with van der Waals surface area (Å²) in [6.45, 7) is 0. The average molecular weight is 307 g/mol. The molecule has 1 aliphatic rings. The molecule has 114 valence electrons. The molecule has 0 radical (unpaired) electrons. The van der Waals surface area contributed by atoms with Gasteiger partial charge in [-0.05, 0) is 29.8 Å². The summed E-state index contributed by atoms with van der Waals surface area (Å²) in [4.78, 5) is 28.0. The second kappa shape index (κ2) is 6.27. The van der Waals surface area contributed by atoms with E-state index >= 15 is 0 Å². The number of benzene rings is 2.